The highest BCUT2D eigenvalue weighted by Crippen LogP contribution is 2.24. The predicted octanol–water partition coefficient (Wildman–Crippen LogP) is 2.05. The van der Waals surface area contributed by atoms with Gasteiger partial charge in [-0.05, 0) is 42.9 Å². The highest BCUT2D eigenvalue weighted by molar-refractivity contribution is 7.80. The van der Waals surface area contributed by atoms with Gasteiger partial charge in [0, 0.05) is 17.5 Å². The van der Waals surface area contributed by atoms with E-state index in [0.717, 1.165) is 6.42 Å². The lowest BCUT2D eigenvalue weighted by atomic mass is 10.0. The van der Waals surface area contributed by atoms with E-state index in [1.54, 1.807) is 30.3 Å². The zero-order valence-corrected chi connectivity index (χ0v) is 13.1. The summed E-state index contributed by atoms with van der Waals surface area (Å²) in [6, 6.07) is 6.69. The summed E-state index contributed by atoms with van der Waals surface area (Å²) in [4.78, 5) is 26.0. The lowest BCUT2D eigenvalue weighted by Gasteiger charge is -2.29. The topological polar surface area (TPSA) is 58.6 Å². The van der Waals surface area contributed by atoms with E-state index < -0.39 is 11.8 Å². The van der Waals surface area contributed by atoms with Gasteiger partial charge in [0.15, 0.2) is 5.11 Å². The molecule has 2 aliphatic rings. The second-order valence-corrected chi connectivity index (χ2v) is 5.90. The van der Waals surface area contributed by atoms with Gasteiger partial charge in [0.1, 0.15) is 5.57 Å². The molecule has 1 atom stereocenters. The van der Waals surface area contributed by atoms with Crippen LogP contribution in [0, 0.1) is 5.92 Å². The minimum atomic E-state index is -0.466. The lowest BCUT2D eigenvalue weighted by molar-refractivity contribution is -0.122. The SMILES string of the molecule is O=C1NC(=S)N(c2ccc(Cl)cc2)C(=O)/C1=C/C1CCOC1. The Morgan fingerprint density at radius 1 is 1.32 bits per heavy atom. The minimum Gasteiger partial charge on any atom is -0.381 e. The van der Waals surface area contributed by atoms with Crippen LogP contribution in [-0.4, -0.2) is 30.1 Å². The van der Waals surface area contributed by atoms with Gasteiger partial charge >= 0.3 is 0 Å². The summed E-state index contributed by atoms with van der Waals surface area (Å²) < 4.78 is 5.27. The molecule has 114 valence electrons. The molecule has 0 aromatic heterocycles. The molecule has 1 N–H and O–H groups in total. The van der Waals surface area contributed by atoms with Crippen LogP contribution in [0.5, 0.6) is 0 Å². The third-order valence-electron chi connectivity index (χ3n) is 3.55. The molecule has 1 aromatic carbocycles. The Bertz CT molecular complexity index is 666. The molecule has 7 heteroatoms. The Morgan fingerprint density at radius 2 is 2.05 bits per heavy atom. The fourth-order valence-electron chi connectivity index (χ4n) is 2.42. The Labute approximate surface area is 137 Å². The van der Waals surface area contributed by atoms with Gasteiger partial charge in [-0.25, -0.2) is 0 Å². The van der Waals surface area contributed by atoms with Crippen LogP contribution in [0.15, 0.2) is 35.9 Å². The van der Waals surface area contributed by atoms with Crippen molar-refractivity contribution in [3.63, 3.8) is 0 Å². The van der Waals surface area contributed by atoms with Crippen LogP contribution in [0.1, 0.15) is 6.42 Å². The molecule has 0 radical (unpaired) electrons. The van der Waals surface area contributed by atoms with E-state index in [4.69, 9.17) is 28.6 Å². The molecule has 5 nitrogen and oxygen atoms in total. The monoisotopic (exact) mass is 336 g/mol. The number of nitrogens with one attached hydrogen (secondary N) is 1. The second kappa shape index (κ2) is 6.16. The summed E-state index contributed by atoms with van der Waals surface area (Å²) in [5, 5.41) is 3.18. The first kappa shape index (κ1) is 15.1. The van der Waals surface area contributed by atoms with Crippen molar-refractivity contribution >= 4 is 46.4 Å². The van der Waals surface area contributed by atoms with E-state index >= 15 is 0 Å². The molecular weight excluding hydrogens is 324 g/mol. The number of rotatable bonds is 2. The number of ether oxygens (including phenoxy) is 1. The highest BCUT2D eigenvalue weighted by Gasteiger charge is 2.35. The van der Waals surface area contributed by atoms with Crippen molar-refractivity contribution in [2.24, 2.45) is 5.92 Å². The molecule has 0 spiro atoms. The summed E-state index contributed by atoms with van der Waals surface area (Å²) in [7, 11) is 0. The van der Waals surface area contributed by atoms with Gasteiger partial charge in [-0.3, -0.25) is 19.8 Å². The van der Waals surface area contributed by atoms with E-state index in [-0.39, 0.29) is 16.6 Å². The van der Waals surface area contributed by atoms with Gasteiger partial charge in [0.2, 0.25) is 0 Å². The van der Waals surface area contributed by atoms with Crippen molar-refractivity contribution in [1.29, 1.82) is 0 Å². The number of benzene rings is 1. The number of hydrogen-bond acceptors (Lipinski definition) is 4. The maximum Gasteiger partial charge on any atom is 0.269 e. The molecule has 2 heterocycles. The standard InChI is InChI=1S/C15H13ClN2O3S/c16-10-1-3-11(4-2-10)18-14(20)12(13(19)17-15(18)22)7-9-5-6-21-8-9/h1-4,7,9H,5-6,8H2,(H,17,19,22)/b12-7+. The smallest absolute Gasteiger partial charge is 0.269 e. The van der Waals surface area contributed by atoms with Crippen LogP contribution in [0.3, 0.4) is 0 Å². The molecule has 2 saturated heterocycles. The largest absolute Gasteiger partial charge is 0.381 e. The van der Waals surface area contributed by atoms with Crippen LogP contribution >= 0.6 is 23.8 Å². The second-order valence-electron chi connectivity index (χ2n) is 5.08. The molecule has 1 unspecified atom stereocenters. The summed E-state index contributed by atoms with van der Waals surface area (Å²) in [5.41, 5.74) is 0.659. The van der Waals surface area contributed by atoms with Crippen LogP contribution in [0.2, 0.25) is 5.02 Å². The predicted molar refractivity (Wildman–Crippen MR) is 86.7 cm³/mol. The molecule has 0 bridgehead atoms. The van der Waals surface area contributed by atoms with Crippen molar-refractivity contribution < 1.29 is 14.3 Å². The zero-order valence-electron chi connectivity index (χ0n) is 11.5. The zero-order chi connectivity index (χ0) is 15.7. The first-order chi connectivity index (χ1) is 10.6. The van der Waals surface area contributed by atoms with Crippen molar-refractivity contribution in [3.8, 4) is 0 Å². The molecule has 22 heavy (non-hydrogen) atoms. The summed E-state index contributed by atoms with van der Waals surface area (Å²) in [6.07, 6.45) is 2.48. The number of carbonyl (C=O) groups is 2. The van der Waals surface area contributed by atoms with E-state index in [2.05, 4.69) is 5.32 Å². The van der Waals surface area contributed by atoms with Gasteiger partial charge in [0.05, 0.1) is 12.3 Å². The maximum atomic E-state index is 12.7. The number of hydrogen-bond donors (Lipinski definition) is 1. The van der Waals surface area contributed by atoms with E-state index in [9.17, 15) is 9.59 Å². The first-order valence-electron chi connectivity index (χ1n) is 6.81. The number of anilines is 1. The average Bonchev–Trinajstić information content (AvgIpc) is 2.98. The molecule has 1 aromatic rings. The molecule has 2 fully saturated rings. The Kier molecular flexibility index (Phi) is 4.24. The third-order valence-corrected chi connectivity index (χ3v) is 4.09. The van der Waals surface area contributed by atoms with Crippen LogP contribution < -0.4 is 10.2 Å². The first-order valence-corrected chi connectivity index (χ1v) is 7.60. The van der Waals surface area contributed by atoms with E-state index in [0.29, 0.717) is 23.9 Å². The summed E-state index contributed by atoms with van der Waals surface area (Å²) in [5.74, 6) is -0.821. The quantitative estimate of drug-likeness (QED) is 0.510. The third kappa shape index (κ3) is 2.90. The molecule has 3 rings (SSSR count). The van der Waals surface area contributed by atoms with Crippen LogP contribution in [-0.2, 0) is 14.3 Å². The molecule has 0 aliphatic carbocycles. The molecule has 2 aliphatic heterocycles. The Hall–Kier alpha value is -1.76. The van der Waals surface area contributed by atoms with E-state index in [1.807, 2.05) is 0 Å². The van der Waals surface area contributed by atoms with Crippen LogP contribution in [0.4, 0.5) is 5.69 Å². The minimum absolute atomic E-state index is 0.0668. The number of amides is 2. The number of nitrogens with zero attached hydrogens (tertiary/aromatic N) is 1. The van der Waals surface area contributed by atoms with Crippen molar-refractivity contribution in [2.75, 3.05) is 18.1 Å². The number of thiocarbonyl (C=S) groups is 1. The summed E-state index contributed by atoms with van der Waals surface area (Å²) in [6.45, 7) is 1.17. The van der Waals surface area contributed by atoms with Crippen LogP contribution in [0.25, 0.3) is 0 Å². The summed E-state index contributed by atoms with van der Waals surface area (Å²) >= 11 is 11.0. The van der Waals surface area contributed by atoms with Crippen molar-refractivity contribution in [1.82, 2.24) is 5.32 Å². The molecule has 0 saturated carbocycles. The Morgan fingerprint density at radius 3 is 2.68 bits per heavy atom. The maximum absolute atomic E-state index is 12.7. The number of halogens is 1. The molecular formula is C15H13ClN2O3S. The average molecular weight is 337 g/mol. The van der Waals surface area contributed by atoms with Gasteiger partial charge in [-0.15, -0.1) is 0 Å². The van der Waals surface area contributed by atoms with Gasteiger partial charge < -0.3 is 4.74 Å². The van der Waals surface area contributed by atoms with Gasteiger partial charge in [0.25, 0.3) is 11.8 Å². The van der Waals surface area contributed by atoms with E-state index in [1.165, 1.54) is 4.90 Å². The lowest BCUT2D eigenvalue weighted by Crippen LogP contribution is -2.54. The van der Waals surface area contributed by atoms with Gasteiger partial charge in [-0.1, -0.05) is 17.7 Å². The van der Waals surface area contributed by atoms with Crippen molar-refractivity contribution in [3.05, 3.63) is 40.9 Å². The normalized spacial score (nSPS) is 24.0. The van der Waals surface area contributed by atoms with Gasteiger partial charge in [-0.2, -0.15) is 0 Å². The van der Waals surface area contributed by atoms with Crippen molar-refractivity contribution in [2.45, 2.75) is 6.42 Å². The Balaban J connectivity index is 1.93. The molecule has 2 amide bonds. The fraction of sp³-hybridized carbons (Fsp3) is 0.267. The highest BCUT2D eigenvalue weighted by atomic mass is 35.5. The fourth-order valence-corrected chi connectivity index (χ4v) is 2.83. The number of carbonyl (C=O) groups excluding carboxylic acids is 2.